The van der Waals surface area contributed by atoms with Gasteiger partial charge in [-0.05, 0) is 36.4 Å². The molecule has 0 fully saturated rings. The Kier molecular flexibility index (Phi) is 5.11. The average molecular weight is 355 g/mol. The Morgan fingerprint density at radius 1 is 0.520 bits per heavy atom. The van der Waals surface area contributed by atoms with Crippen molar-refractivity contribution in [2.24, 2.45) is 0 Å². The second-order valence-corrected chi connectivity index (χ2v) is 6.21. The molecule has 0 saturated heterocycles. The Morgan fingerprint density at radius 2 is 0.840 bits per heavy atom. The van der Waals surface area contributed by atoms with E-state index in [1.54, 1.807) is 72.8 Å². The first kappa shape index (κ1) is 16.7. The second kappa shape index (κ2) is 7.64. The van der Waals surface area contributed by atoms with Crippen LogP contribution in [0.25, 0.3) is 0 Å². The molecule has 0 bridgehead atoms. The predicted molar refractivity (Wildman–Crippen MR) is 101 cm³/mol. The molecule has 0 amide bonds. The fourth-order valence-corrected chi connectivity index (χ4v) is 3.00. The zero-order chi connectivity index (χ0) is 17.6. The van der Waals surface area contributed by atoms with Crippen LogP contribution in [0.2, 0.25) is 0 Å². The molecule has 0 spiro atoms. The van der Waals surface area contributed by atoms with Gasteiger partial charge < -0.3 is 30.8 Å². The van der Waals surface area contributed by atoms with E-state index in [2.05, 4.69) is 0 Å². The number of hydrogen-bond acceptors (Lipinski definition) is 6. The third kappa shape index (κ3) is 4.93. The normalized spacial score (nSPS) is 10.4. The van der Waals surface area contributed by atoms with Crippen LogP contribution in [-0.4, -0.2) is 0 Å². The molecule has 0 aliphatic rings. The van der Waals surface area contributed by atoms with Gasteiger partial charge in [-0.1, -0.05) is 18.2 Å². The number of anilines is 3. The van der Waals surface area contributed by atoms with E-state index >= 15 is 0 Å². The predicted octanol–water partition coefficient (Wildman–Crippen LogP) is 4.20. The van der Waals surface area contributed by atoms with Gasteiger partial charge in [-0.3, -0.25) is 0 Å². The maximum absolute atomic E-state index is 5.84. The van der Waals surface area contributed by atoms with Crippen molar-refractivity contribution in [2.45, 2.75) is 0 Å². The molecule has 25 heavy (non-hydrogen) atoms. The smallest absolute Gasteiger partial charge is 0.408 e. The molecule has 0 atom stereocenters. The monoisotopic (exact) mass is 355 g/mol. The third-order valence-corrected chi connectivity index (χ3v) is 4.19. The van der Waals surface area contributed by atoms with Crippen molar-refractivity contribution >= 4 is 25.7 Å². The van der Waals surface area contributed by atoms with Crippen molar-refractivity contribution in [3.8, 4) is 17.2 Å². The summed E-state index contributed by atoms with van der Waals surface area (Å²) in [5.41, 5.74) is 19.1. The van der Waals surface area contributed by atoms with Crippen LogP contribution >= 0.6 is 8.60 Å². The van der Waals surface area contributed by atoms with Crippen LogP contribution in [0.1, 0.15) is 0 Å². The van der Waals surface area contributed by atoms with Crippen LogP contribution in [0.4, 0.5) is 17.1 Å². The number of rotatable bonds is 6. The van der Waals surface area contributed by atoms with Gasteiger partial charge in [0.2, 0.25) is 0 Å². The molecule has 3 aromatic carbocycles. The van der Waals surface area contributed by atoms with E-state index in [4.69, 9.17) is 30.8 Å². The molecular weight excluding hydrogens is 337 g/mol. The first-order valence-corrected chi connectivity index (χ1v) is 8.59. The van der Waals surface area contributed by atoms with E-state index in [0.717, 1.165) is 0 Å². The first-order chi connectivity index (χ1) is 12.1. The third-order valence-electron chi connectivity index (χ3n) is 3.11. The molecule has 6 N–H and O–H groups in total. The zero-order valence-corrected chi connectivity index (χ0v) is 14.2. The van der Waals surface area contributed by atoms with Crippen LogP contribution in [-0.2, 0) is 0 Å². The topological polar surface area (TPSA) is 106 Å². The Bertz CT molecular complexity index is 747. The minimum absolute atomic E-state index is 0.541. The zero-order valence-electron chi connectivity index (χ0n) is 13.3. The lowest BCUT2D eigenvalue weighted by Crippen LogP contribution is -2.03. The molecule has 6 nitrogen and oxygen atoms in total. The van der Waals surface area contributed by atoms with Gasteiger partial charge in [0, 0.05) is 35.3 Å². The van der Waals surface area contributed by atoms with Gasteiger partial charge in [-0.25, -0.2) is 0 Å². The molecule has 3 aromatic rings. The van der Waals surface area contributed by atoms with Crippen LogP contribution in [0.5, 0.6) is 17.2 Å². The van der Waals surface area contributed by atoms with Crippen LogP contribution in [0.15, 0.2) is 72.8 Å². The van der Waals surface area contributed by atoms with E-state index < -0.39 is 8.60 Å². The van der Waals surface area contributed by atoms with E-state index in [-0.39, 0.29) is 0 Å². The molecule has 3 rings (SSSR count). The van der Waals surface area contributed by atoms with Crippen molar-refractivity contribution in [3.63, 3.8) is 0 Å². The lowest BCUT2D eigenvalue weighted by atomic mass is 10.3. The summed E-state index contributed by atoms with van der Waals surface area (Å²) in [6.07, 6.45) is 0. The molecule has 0 aromatic heterocycles. The van der Waals surface area contributed by atoms with E-state index in [0.29, 0.717) is 34.3 Å². The van der Waals surface area contributed by atoms with Crippen molar-refractivity contribution in [1.82, 2.24) is 0 Å². The van der Waals surface area contributed by atoms with Crippen LogP contribution in [0, 0.1) is 0 Å². The van der Waals surface area contributed by atoms with Crippen LogP contribution < -0.4 is 30.8 Å². The quantitative estimate of drug-likeness (QED) is 0.452. The standard InChI is InChI=1S/C18H18N3O3P/c19-13-4-1-7-16(10-13)22-25(23-17-8-2-5-14(20)11-17)24-18-9-3-6-15(21)12-18/h1-12H,19-21H2. The maximum atomic E-state index is 5.84. The SMILES string of the molecule is Nc1cccc(OP(Oc2cccc(N)c2)Oc2cccc(N)c2)c1. The van der Waals surface area contributed by atoms with Gasteiger partial charge in [-0.2, -0.15) is 0 Å². The maximum Gasteiger partial charge on any atom is 0.530 e. The summed E-state index contributed by atoms with van der Waals surface area (Å²) in [5.74, 6) is 1.62. The molecule has 7 heteroatoms. The van der Waals surface area contributed by atoms with E-state index in [1.807, 2.05) is 0 Å². The molecule has 128 valence electrons. The summed E-state index contributed by atoms with van der Waals surface area (Å²) in [5, 5.41) is 0. The molecular formula is C18H18N3O3P. The molecule has 0 radical (unpaired) electrons. The molecule has 0 aliphatic carbocycles. The van der Waals surface area contributed by atoms with E-state index in [1.165, 1.54) is 0 Å². The van der Waals surface area contributed by atoms with Crippen molar-refractivity contribution in [2.75, 3.05) is 17.2 Å². The van der Waals surface area contributed by atoms with Crippen molar-refractivity contribution in [3.05, 3.63) is 72.8 Å². The van der Waals surface area contributed by atoms with Gasteiger partial charge in [0.1, 0.15) is 17.2 Å². The fraction of sp³-hybridized carbons (Fsp3) is 0. The number of benzene rings is 3. The van der Waals surface area contributed by atoms with Gasteiger partial charge in [0.05, 0.1) is 0 Å². The van der Waals surface area contributed by atoms with Crippen LogP contribution in [0.3, 0.4) is 0 Å². The molecule has 0 saturated carbocycles. The second-order valence-electron chi connectivity index (χ2n) is 5.21. The molecule has 0 aliphatic heterocycles. The summed E-state index contributed by atoms with van der Waals surface area (Å²) in [6.45, 7) is 0. The fourth-order valence-electron chi connectivity index (χ4n) is 2.03. The van der Waals surface area contributed by atoms with Gasteiger partial charge in [0.25, 0.3) is 0 Å². The summed E-state index contributed by atoms with van der Waals surface area (Å²) < 4.78 is 17.5. The van der Waals surface area contributed by atoms with E-state index in [9.17, 15) is 0 Å². The Hall–Kier alpha value is -3.11. The van der Waals surface area contributed by atoms with Crippen molar-refractivity contribution in [1.29, 1.82) is 0 Å². The summed E-state index contributed by atoms with van der Waals surface area (Å²) in [7, 11) is -1.79. The summed E-state index contributed by atoms with van der Waals surface area (Å²) >= 11 is 0. The average Bonchev–Trinajstić information content (AvgIpc) is 2.55. The van der Waals surface area contributed by atoms with Crippen molar-refractivity contribution < 1.29 is 13.6 Å². The minimum atomic E-state index is -1.79. The Morgan fingerprint density at radius 3 is 1.12 bits per heavy atom. The number of nitrogens with two attached hydrogens (primary N) is 3. The summed E-state index contributed by atoms with van der Waals surface area (Å²) in [6, 6.07) is 21.1. The largest absolute Gasteiger partial charge is 0.530 e. The first-order valence-electron chi connectivity index (χ1n) is 7.49. The van der Waals surface area contributed by atoms with Gasteiger partial charge in [0.15, 0.2) is 0 Å². The highest BCUT2D eigenvalue weighted by molar-refractivity contribution is 7.43. The highest BCUT2D eigenvalue weighted by Crippen LogP contribution is 2.43. The highest BCUT2D eigenvalue weighted by Gasteiger charge is 2.20. The summed E-state index contributed by atoms with van der Waals surface area (Å²) in [4.78, 5) is 0. The Labute approximate surface area is 147 Å². The highest BCUT2D eigenvalue weighted by atomic mass is 31.2. The number of hydrogen-bond donors (Lipinski definition) is 3. The molecule has 0 heterocycles. The van der Waals surface area contributed by atoms with Gasteiger partial charge in [-0.15, -0.1) is 0 Å². The lowest BCUT2D eigenvalue weighted by molar-refractivity contribution is 0.388. The Balaban J connectivity index is 1.82. The van der Waals surface area contributed by atoms with Gasteiger partial charge >= 0.3 is 8.60 Å². The lowest BCUT2D eigenvalue weighted by Gasteiger charge is -2.18. The minimum Gasteiger partial charge on any atom is -0.408 e. The number of nitrogen functional groups attached to an aromatic ring is 3. The molecule has 0 unspecified atom stereocenters.